The highest BCUT2D eigenvalue weighted by Crippen LogP contribution is 2.65. The van der Waals surface area contributed by atoms with Gasteiger partial charge in [-0.2, -0.15) is 0 Å². The Kier molecular flexibility index (Phi) is 4.53. The van der Waals surface area contributed by atoms with Crippen LogP contribution in [-0.4, -0.2) is 24.4 Å². The first-order valence-corrected chi connectivity index (χ1v) is 11.9. The number of hydrogen-bond acceptors (Lipinski definition) is 4. The van der Waals surface area contributed by atoms with Gasteiger partial charge in [0.1, 0.15) is 0 Å². The van der Waals surface area contributed by atoms with Crippen molar-refractivity contribution in [3.05, 3.63) is 101 Å². The Bertz CT molecular complexity index is 1310. The summed E-state index contributed by atoms with van der Waals surface area (Å²) in [5.74, 6) is -2.22. The molecule has 0 unspecified atom stereocenters. The lowest BCUT2D eigenvalue weighted by atomic mass is 9.46. The molecule has 2 atom stereocenters. The number of benzene rings is 3. The van der Waals surface area contributed by atoms with Crippen LogP contribution in [0.4, 0.5) is 5.69 Å². The van der Waals surface area contributed by atoms with Crippen LogP contribution in [0, 0.1) is 11.8 Å². The van der Waals surface area contributed by atoms with Gasteiger partial charge in [0.2, 0.25) is 11.8 Å². The number of nitrogens with zero attached hydrogens (tertiary/aromatic N) is 1. The van der Waals surface area contributed by atoms with E-state index in [1.54, 1.807) is 31.2 Å². The van der Waals surface area contributed by atoms with Crippen LogP contribution in [0.1, 0.15) is 58.8 Å². The number of carbonyl (C=O) groups excluding carboxylic acids is 3. The standard InChI is InChI=1S/C29H25NO4/c1-3-29-20-14-8-5-11-17(20)23(18-12-6-9-15-21(18)29)24-25(29)27(32)30(26(24)31)22-16-10-7-13-19(22)28(33)34-4-2/h5-16,23-25H,3-4H2,1-2H3/t23?,24-,25+,29?/m1/s1. The molecule has 0 N–H and O–H groups in total. The molecule has 7 rings (SSSR count). The summed E-state index contributed by atoms with van der Waals surface area (Å²) >= 11 is 0. The molecule has 0 spiro atoms. The van der Waals surface area contributed by atoms with Crippen molar-refractivity contribution in [2.24, 2.45) is 11.8 Å². The van der Waals surface area contributed by atoms with E-state index in [2.05, 4.69) is 31.2 Å². The van der Waals surface area contributed by atoms with Gasteiger partial charge in [-0.25, -0.2) is 9.69 Å². The van der Waals surface area contributed by atoms with Gasteiger partial charge in [-0.05, 0) is 47.7 Å². The molecule has 5 nitrogen and oxygen atoms in total. The highest BCUT2D eigenvalue weighted by Gasteiger charge is 2.67. The summed E-state index contributed by atoms with van der Waals surface area (Å²) in [4.78, 5) is 42.3. The Morgan fingerprint density at radius 2 is 1.44 bits per heavy atom. The molecule has 5 heteroatoms. The number of hydrogen-bond donors (Lipinski definition) is 0. The van der Waals surface area contributed by atoms with E-state index in [-0.39, 0.29) is 29.9 Å². The van der Waals surface area contributed by atoms with Crippen molar-refractivity contribution in [1.29, 1.82) is 0 Å². The van der Waals surface area contributed by atoms with Gasteiger partial charge >= 0.3 is 5.97 Å². The third-order valence-electron chi connectivity index (χ3n) is 7.99. The molecule has 34 heavy (non-hydrogen) atoms. The van der Waals surface area contributed by atoms with Crippen LogP contribution in [0.15, 0.2) is 72.8 Å². The highest BCUT2D eigenvalue weighted by molar-refractivity contribution is 6.25. The van der Waals surface area contributed by atoms with Gasteiger partial charge in [0, 0.05) is 11.3 Å². The number of amides is 2. The third-order valence-corrected chi connectivity index (χ3v) is 7.99. The lowest BCUT2D eigenvalue weighted by molar-refractivity contribution is -0.123. The molecule has 1 fully saturated rings. The summed E-state index contributed by atoms with van der Waals surface area (Å²) in [5.41, 5.74) is 4.50. The average Bonchev–Trinajstić information content (AvgIpc) is 3.14. The van der Waals surface area contributed by atoms with Crippen LogP contribution in [0.3, 0.4) is 0 Å². The Labute approximate surface area is 198 Å². The van der Waals surface area contributed by atoms with Gasteiger partial charge < -0.3 is 4.74 Å². The lowest BCUT2D eigenvalue weighted by Gasteiger charge is -2.54. The Morgan fingerprint density at radius 3 is 2.06 bits per heavy atom. The SMILES string of the molecule is CCOC(=O)c1ccccc1N1C(=O)[C@@H]2C3c4ccccc4C(CC)(c4ccccc43)[C@@H]2C1=O. The molecular formula is C29H25NO4. The van der Waals surface area contributed by atoms with Crippen molar-refractivity contribution in [1.82, 2.24) is 0 Å². The van der Waals surface area contributed by atoms with Crippen molar-refractivity contribution >= 4 is 23.5 Å². The second kappa shape index (κ2) is 7.39. The van der Waals surface area contributed by atoms with Crippen LogP contribution in [0.25, 0.3) is 0 Å². The minimum atomic E-state index is -0.590. The first kappa shape index (κ1) is 20.8. The first-order valence-electron chi connectivity index (χ1n) is 11.9. The zero-order chi connectivity index (χ0) is 23.6. The lowest BCUT2D eigenvalue weighted by Crippen LogP contribution is -2.53. The fourth-order valence-corrected chi connectivity index (χ4v) is 6.82. The van der Waals surface area contributed by atoms with Crippen molar-refractivity contribution < 1.29 is 19.1 Å². The third kappa shape index (κ3) is 2.42. The molecule has 0 saturated carbocycles. The van der Waals surface area contributed by atoms with E-state index in [0.29, 0.717) is 12.1 Å². The smallest absolute Gasteiger partial charge is 0.340 e. The number of esters is 1. The average molecular weight is 452 g/mol. The van der Waals surface area contributed by atoms with Crippen molar-refractivity contribution in [2.75, 3.05) is 11.5 Å². The quantitative estimate of drug-likeness (QED) is 0.421. The van der Waals surface area contributed by atoms with Crippen LogP contribution < -0.4 is 4.90 Å². The maximum absolute atomic E-state index is 14.2. The summed E-state index contributed by atoms with van der Waals surface area (Å²) in [7, 11) is 0. The van der Waals surface area contributed by atoms with Crippen LogP contribution in [0.2, 0.25) is 0 Å². The molecule has 1 aliphatic heterocycles. The second-order valence-corrected chi connectivity index (χ2v) is 9.23. The maximum Gasteiger partial charge on any atom is 0.340 e. The molecule has 1 heterocycles. The zero-order valence-corrected chi connectivity index (χ0v) is 19.2. The molecule has 1 saturated heterocycles. The Morgan fingerprint density at radius 1 is 0.853 bits per heavy atom. The van der Waals surface area contributed by atoms with Gasteiger partial charge in [0.25, 0.3) is 0 Å². The van der Waals surface area contributed by atoms with Crippen molar-refractivity contribution in [2.45, 2.75) is 31.6 Å². The molecule has 4 aliphatic rings. The van der Waals surface area contributed by atoms with E-state index in [4.69, 9.17) is 4.74 Å². The normalized spacial score (nSPS) is 26.2. The number of rotatable bonds is 4. The van der Waals surface area contributed by atoms with E-state index < -0.39 is 23.2 Å². The van der Waals surface area contributed by atoms with E-state index in [1.165, 1.54) is 4.90 Å². The summed E-state index contributed by atoms with van der Waals surface area (Å²) in [5, 5.41) is 0. The van der Waals surface area contributed by atoms with Gasteiger partial charge in [0.05, 0.1) is 29.7 Å². The Hall–Kier alpha value is -3.73. The van der Waals surface area contributed by atoms with Gasteiger partial charge in [-0.3, -0.25) is 9.59 Å². The second-order valence-electron chi connectivity index (χ2n) is 9.23. The highest BCUT2D eigenvalue weighted by atomic mass is 16.5. The fraction of sp³-hybridized carbons (Fsp3) is 0.276. The molecule has 2 amide bonds. The summed E-state index contributed by atoms with van der Waals surface area (Å²) in [6.07, 6.45) is 0.696. The van der Waals surface area contributed by atoms with Gasteiger partial charge in [-0.1, -0.05) is 67.6 Å². The van der Waals surface area contributed by atoms with Crippen molar-refractivity contribution in [3.8, 4) is 0 Å². The predicted molar refractivity (Wildman–Crippen MR) is 128 cm³/mol. The molecule has 0 radical (unpaired) electrons. The molecule has 3 aliphatic carbocycles. The molecule has 3 aromatic carbocycles. The molecule has 2 bridgehead atoms. The fourth-order valence-electron chi connectivity index (χ4n) is 6.82. The largest absolute Gasteiger partial charge is 0.462 e. The maximum atomic E-state index is 14.2. The van der Waals surface area contributed by atoms with Crippen LogP contribution >= 0.6 is 0 Å². The number of imide groups is 1. The predicted octanol–water partition coefficient (Wildman–Crippen LogP) is 4.82. The number of anilines is 1. The van der Waals surface area contributed by atoms with Gasteiger partial charge in [0.15, 0.2) is 0 Å². The number of para-hydroxylation sites is 1. The van der Waals surface area contributed by atoms with Gasteiger partial charge in [-0.15, -0.1) is 0 Å². The number of ether oxygens (including phenoxy) is 1. The van der Waals surface area contributed by atoms with Crippen LogP contribution in [0.5, 0.6) is 0 Å². The summed E-state index contributed by atoms with van der Waals surface area (Å²) < 4.78 is 5.23. The minimum absolute atomic E-state index is 0.193. The van der Waals surface area contributed by atoms with E-state index in [0.717, 1.165) is 22.3 Å². The van der Waals surface area contributed by atoms with E-state index >= 15 is 0 Å². The van der Waals surface area contributed by atoms with Crippen LogP contribution in [-0.2, 0) is 19.7 Å². The molecule has 0 aromatic heterocycles. The molecule has 3 aromatic rings. The summed E-state index contributed by atoms with van der Waals surface area (Å²) in [6.45, 7) is 4.05. The first-order chi connectivity index (χ1) is 16.6. The monoisotopic (exact) mass is 451 g/mol. The molecular weight excluding hydrogens is 426 g/mol. The topological polar surface area (TPSA) is 63.7 Å². The van der Waals surface area contributed by atoms with E-state index in [1.807, 2.05) is 24.3 Å². The van der Waals surface area contributed by atoms with E-state index in [9.17, 15) is 14.4 Å². The Balaban J connectivity index is 1.59. The molecule has 170 valence electrons. The zero-order valence-electron chi connectivity index (χ0n) is 19.2. The number of carbonyl (C=O) groups is 3. The minimum Gasteiger partial charge on any atom is -0.462 e. The van der Waals surface area contributed by atoms with Crippen molar-refractivity contribution in [3.63, 3.8) is 0 Å². The summed E-state index contributed by atoms with van der Waals surface area (Å²) in [6, 6.07) is 23.2.